The van der Waals surface area contributed by atoms with Crippen molar-refractivity contribution in [3.8, 4) is 0 Å². The van der Waals surface area contributed by atoms with Crippen LogP contribution < -0.4 is 5.32 Å². The summed E-state index contributed by atoms with van der Waals surface area (Å²) < 4.78 is 0. The first-order valence-electron chi connectivity index (χ1n) is 9.61. The van der Waals surface area contributed by atoms with Crippen LogP contribution in [0.15, 0.2) is 47.2 Å². The molecule has 2 aromatic rings. The molecular formula is C21H24N2O5S2. The maximum Gasteiger partial charge on any atom is 0.323 e. The van der Waals surface area contributed by atoms with E-state index in [1.807, 2.05) is 47.2 Å². The van der Waals surface area contributed by atoms with Crippen LogP contribution >= 0.6 is 23.1 Å². The van der Waals surface area contributed by atoms with Crippen molar-refractivity contribution in [3.05, 3.63) is 58.3 Å². The summed E-state index contributed by atoms with van der Waals surface area (Å²) in [5, 5.41) is 25.8. The van der Waals surface area contributed by atoms with E-state index in [0.717, 1.165) is 11.1 Å². The van der Waals surface area contributed by atoms with Gasteiger partial charge in [0.2, 0.25) is 5.91 Å². The summed E-state index contributed by atoms with van der Waals surface area (Å²) in [7, 11) is 0. The zero-order valence-electron chi connectivity index (χ0n) is 16.3. The third kappa shape index (κ3) is 6.07. The van der Waals surface area contributed by atoms with E-state index in [9.17, 15) is 24.6 Å². The number of aliphatic carboxylic acids is 2. The molecule has 9 heteroatoms. The lowest BCUT2D eigenvalue weighted by Crippen LogP contribution is -2.53. The number of benzene rings is 1. The van der Waals surface area contributed by atoms with Crippen LogP contribution in [-0.2, 0) is 20.8 Å². The van der Waals surface area contributed by atoms with Gasteiger partial charge in [0.25, 0.3) is 0 Å². The summed E-state index contributed by atoms with van der Waals surface area (Å²) in [5.41, 5.74) is 2.07. The molecule has 0 aliphatic carbocycles. The zero-order valence-corrected chi connectivity index (χ0v) is 17.9. The van der Waals surface area contributed by atoms with Crippen LogP contribution in [0.3, 0.4) is 0 Å². The Labute approximate surface area is 183 Å². The molecule has 0 saturated carbocycles. The van der Waals surface area contributed by atoms with Gasteiger partial charge in [-0.2, -0.15) is 11.3 Å². The number of rotatable bonds is 9. The Hall–Kier alpha value is -2.36. The standard InChI is InChI=1S/C21H24N2O5S2/c24-19(25)11-23-10-18(15-8-9-29-12-15)30-13-17(20(23)26)22-16(21(27)28)7-6-14-4-2-1-3-5-14/h1-5,8-9,12,16-18,22H,6-7,10-11,13H2,(H,24,25)(H,27,28). The van der Waals surface area contributed by atoms with Crippen LogP contribution in [0, 0.1) is 0 Å². The lowest BCUT2D eigenvalue weighted by atomic mass is 10.0. The molecule has 160 valence electrons. The van der Waals surface area contributed by atoms with Gasteiger partial charge in [-0.3, -0.25) is 19.7 Å². The first-order valence-corrected chi connectivity index (χ1v) is 11.6. The average molecular weight is 449 g/mol. The highest BCUT2D eigenvalue weighted by molar-refractivity contribution is 7.99. The predicted molar refractivity (Wildman–Crippen MR) is 117 cm³/mol. The Morgan fingerprint density at radius 1 is 1.20 bits per heavy atom. The molecule has 3 atom stereocenters. The third-order valence-corrected chi connectivity index (χ3v) is 7.02. The molecule has 1 saturated heterocycles. The molecule has 0 radical (unpaired) electrons. The van der Waals surface area contributed by atoms with E-state index in [1.165, 1.54) is 4.90 Å². The van der Waals surface area contributed by atoms with Gasteiger partial charge in [0.1, 0.15) is 12.6 Å². The van der Waals surface area contributed by atoms with Crippen molar-refractivity contribution in [1.29, 1.82) is 0 Å². The van der Waals surface area contributed by atoms with Crippen LogP contribution in [-0.4, -0.2) is 63.9 Å². The van der Waals surface area contributed by atoms with Crippen LogP contribution in [0.5, 0.6) is 0 Å². The smallest absolute Gasteiger partial charge is 0.323 e. The minimum absolute atomic E-state index is 0.0426. The Kier molecular flexibility index (Phi) is 7.89. The molecule has 3 rings (SSSR count). The molecule has 3 N–H and O–H groups in total. The summed E-state index contributed by atoms with van der Waals surface area (Å²) in [6.45, 7) is -0.119. The van der Waals surface area contributed by atoms with Crippen molar-refractivity contribution in [2.75, 3.05) is 18.8 Å². The van der Waals surface area contributed by atoms with Crippen LogP contribution in [0.25, 0.3) is 0 Å². The van der Waals surface area contributed by atoms with Crippen molar-refractivity contribution in [3.63, 3.8) is 0 Å². The molecule has 1 amide bonds. The normalized spacial score (nSPS) is 20.5. The molecule has 0 spiro atoms. The van der Waals surface area contributed by atoms with Crippen molar-refractivity contribution in [2.24, 2.45) is 0 Å². The number of thiophene rings is 1. The van der Waals surface area contributed by atoms with Crippen LogP contribution in [0.1, 0.15) is 22.8 Å². The number of aryl methyl sites for hydroxylation is 1. The van der Waals surface area contributed by atoms with Gasteiger partial charge in [0.05, 0.1) is 6.04 Å². The molecule has 30 heavy (non-hydrogen) atoms. The molecule has 7 nitrogen and oxygen atoms in total. The SMILES string of the molecule is O=C(O)CN1CC(c2ccsc2)SCC(NC(CCc2ccccc2)C(=O)O)C1=O. The lowest BCUT2D eigenvalue weighted by Gasteiger charge is -2.26. The lowest BCUT2D eigenvalue weighted by molar-refractivity contribution is -0.146. The van der Waals surface area contributed by atoms with Gasteiger partial charge in [-0.15, -0.1) is 11.8 Å². The summed E-state index contributed by atoms with van der Waals surface area (Å²) in [6, 6.07) is 9.89. The number of nitrogens with one attached hydrogen (secondary N) is 1. The molecular weight excluding hydrogens is 424 g/mol. The second-order valence-corrected chi connectivity index (χ2v) is 9.14. The van der Waals surface area contributed by atoms with Crippen molar-refractivity contribution >= 4 is 40.9 Å². The molecule has 1 aliphatic rings. The van der Waals surface area contributed by atoms with Gasteiger partial charge in [-0.1, -0.05) is 30.3 Å². The number of carbonyl (C=O) groups is 3. The van der Waals surface area contributed by atoms with E-state index in [1.54, 1.807) is 23.1 Å². The number of carboxylic acids is 2. The van der Waals surface area contributed by atoms with Crippen molar-refractivity contribution in [2.45, 2.75) is 30.2 Å². The van der Waals surface area contributed by atoms with Gasteiger partial charge < -0.3 is 15.1 Å². The van der Waals surface area contributed by atoms with E-state index < -0.39 is 30.6 Å². The number of carbonyl (C=O) groups excluding carboxylic acids is 1. The average Bonchev–Trinajstić information content (AvgIpc) is 3.21. The quantitative estimate of drug-likeness (QED) is 0.541. The largest absolute Gasteiger partial charge is 0.480 e. The molecule has 1 aliphatic heterocycles. The maximum absolute atomic E-state index is 13.0. The van der Waals surface area contributed by atoms with E-state index in [2.05, 4.69) is 5.32 Å². The van der Waals surface area contributed by atoms with E-state index >= 15 is 0 Å². The molecule has 0 bridgehead atoms. The van der Waals surface area contributed by atoms with Gasteiger partial charge in [0.15, 0.2) is 0 Å². The highest BCUT2D eigenvalue weighted by atomic mass is 32.2. The first-order chi connectivity index (χ1) is 14.4. The second-order valence-electron chi connectivity index (χ2n) is 7.13. The highest BCUT2D eigenvalue weighted by Crippen LogP contribution is 2.34. The number of carboxylic acid groups (broad SMARTS) is 2. The number of hydrogen-bond donors (Lipinski definition) is 3. The van der Waals surface area contributed by atoms with Crippen molar-refractivity contribution in [1.82, 2.24) is 10.2 Å². The van der Waals surface area contributed by atoms with Gasteiger partial charge in [-0.05, 0) is 40.8 Å². The molecule has 1 aromatic carbocycles. The number of thioether (sulfide) groups is 1. The van der Waals surface area contributed by atoms with Gasteiger partial charge >= 0.3 is 11.9 Å². The van der Waals surface area contributed by atoms with Crippen LogP contribution in [0.2, 0.25) is 0 Å². The van der Waals surface area contributed by atoms with Gasteiger partial charge in [-0.25, -0.2) is 0 Å². The fraction of sp³-hybridized carbons (Fsp3) is 0.381. The fourth-order valence-electron chi connectivity index (χ4n) is 3.41. The summed E-state index contributed by atoms with van der Waals surface area (Å²) in [4.78, 5) is 37.5. The Morgan fingerprint density at radius 2 is 1.97 bits per heavy atom. The summed E-state index contributed by atoms with van der Waals surface area (Å²) in [6.07, 6.45) is 0.899. The number of amides is 1. The minimum atomic E-state index is -1.09. The van der Waals surface area contributed by atoms with E-state index in [-0.39, 0.29) is 17.7 Å². The minimum Gasteiger partial charge on any atom is -0.480 e. The van der Waals surface area contributed by atoms with E-state index in [4.69, 9.17) is 0 Å². The monoisotopic (exact) mass is 448 g/mol. The number of nitrogens with zero attached hydrogens (tertiary/aromatic N) is 1. The van der Waals surface area contributed by atoms with E-state index in [0.29, 0.717) is 18.6 Å². The first kappa shape index (κ1) is 22.3. The molecule has 1 aromatic heterocycles. The predicted octanol–water partition coefficient (Wildman–Crippen LogP) is 2.49. The topological polar surface area (TPSA) is 107 Å². The molecule has 1 fully saturated rings. The molecule has 2 heterocycles. The Balaban J connectivity index is 1.72. The second kappa shape index (κ2) is 10.6. The Bertz CT molecular complexity index is 860. The number of hydrogen-bond acceptors (Lipinski definition) is 6. The summed E-state index contributed by atoms with van der Waals surface area (Å²) in [5.74, 6) is -2.09. The fourth-order valence-corrected chi connectivity index (χ4v) is 5.50. The molecule has 3 unspecified atom stereocenters. The van der Waals surface area contributed by atoms with Crippen LogP contribution in [0.4, 0.5) is 0 Å². The maximum atomic E-state index is 13.0. The summed E-state index contributed by atoms with van der Waals surface area (Å²) >= 11 is 3.10. The van der Waals surface area contributed by atoms with Crippen molar-refractivity contribution < 1.29 is 24.6 Å². The Morgan fingerprint density at radius 3 is 2.60 bits per heavy atom. The van der Waals surface area contributed by atoms with Gasteiger partial charge in [0, 0.05) is 17.5 Å². The third-order valence-electron chi connectivity index (χ3n) is 4.97. The highest BCUT2D eigenvalue weighted by Gasteiger charge is 2.35. The zero-order chi connectivity index (χ0) is 21.5.